The van der Waals surface area contributed by atoms with Crippen LogP contribution in [0, 0.1) is 17.3 Å². The molecule has 120 valence electrons. The van der Waals surface area contributed by atoms with Crippen molar-refractivity contribution in [2.75, 3.05) is 0 Å². The van der Waals surface area contributed by atoms with E-state index in [1.54, 1.807) is 20.8 Å². The first-order chi connectivity index (χ1) is 10.1. The lowest BCUT2D eigenvalue weighted by molar-refractivity contribution is -0.223. The van der Waals surface area contributed by atoms with Crippen LogP contribution in [0.4, 0.5) is 0 Å². The molecule has 0 aromatic carbocycles. The van der Waals surface area contributed by atoms with Gasteiger partial charge in [-0.1, -0.05) is 0 Å². The monoisotopic (exact) mass is 310 g/mol. The number of hydrogen-bond acceptors (Lipinski definition) is 7. The Morgan fingerprint density at radius 3 is 2.59 bits per heavy atom. The van der Waals surface area contributed by atoms with Crippen LogP contribution in [0.25, 0.3) is 0 Å². The third-order valence-electron chi connectivity index (χ3n) is 6.85. The van der Waals surface area contributed by atoms with Crippen molar-refractivity contribution < 1.29 is 34.0 Å². The number of aliphatic hydroxyl groups is 2. The van der Waals surface area contributed by atoms with Gasteiger partial charge in [0, 0.05) is 12.3 Å². The number of carbonyl (C=O) groups is 2. The van der Waals surface area contributed by atoms with E-state index in [4.69, 9.17) is 14.2 Å². The molecule has 2 saturated carbocycles. The van der Waals surface area contributed by atoms with E-state index in [-0.39, 0.29) is 6.42 Å². The highest BCUT2D eigenvalue weighted by atomic mass is 16.7. The Morgan fingerprint density at radius 1 is 1.27 bits per heavy atom. The minimum Gasteiger partial charge on any atom is -0.458 e. The molecular formula is C15H18O7. The zero-order valence-corrected chi connectivity index (χ0v) is 12.5. The summed E-state index contributed by atoms with van der Waals surface area (Å²) in [7, 11) is 0. The van der Waals surface area contributed by atoms with E-state index in [1.165, 1.54) is 0 Å². The Hall–Kier alpha value is -1.18. The third kappa shape index (κ3) is 0.962. The molecule has 3 saturated heterocycles. The number of hydrogen-bond donors (Lipinski definition) is 2. The molecule has 7 heteroatoms. The SMILES string of the molecule is CC(C)(O)C1C2OC(=O)C1[C@]1(O)C[C@H]3O[C@]34C(=O)O[C@H]2[C@]14C. The molecule has 0 radical (unpaired) electrons. The molecule has 8 atom stereocenters. The second kappa shape index (κ2) is 3.07. The van der Waals surface area contributed by atoms with Gasteiger partial charge in [0.2, 0.25) is 5.60 Å². The molecule has 22 heavy (non-hydrogen) atoms. The summed E-state index contributed by atoms with van der Waals surface area (Å²) in [6.07, 6.45) is -1.78. The average Bonchev–Trinajstić information content (AvgIpc) is 2.85. The summed E-state index contributed by atoms with van der Waals surface area (Å²) in [6, 6.07) is 0. The third-order valence-corrected chi connectivity index (χ3v) is 6.85. The topological polar surface area (TPSA) is 106 Å². The summed E-state index contributed by atoms with van der Waals surface area (Å²) in [6.45, 7) is 4.92. The highest BCUT2D eigenvalue weighted by Gasteiger charge is 2.95. The van der Waals surface area contributed by atoms with Gasteiger partial charge in [-0.2, -0.15) is 0 Å². The van der Waals surface area contributed by atoms with Crippen molar-refractivity contribution in [1.29, 1.82) is 0 Å². The highest BCUT2D eigenvalue weighted by Crippen LogP contribution is 2.77. The first-order valence-electron chi connectivity index (χ1n) is 7.63. The lowest BCUT2D eigenvalue weighted by atomic mass is 9.52. The standard InChI is InChI=1S/C15H18O7/c1-12(2,18)6-7-10(16)20-8(6)9-13(3)14(7,19)4-5-15(13,22-5)11(17)21-9/h5-9,18-19H,4H2,1-3H3/t5-,6?,7?,8?,9-,13-,14-,15+/m1/s1. The van der Waals surface area contributed by atoms with E-state index in [9.17, 15) is 19.8 Å². The van der Waals surface area contributed by atoms with Crippen LogP contribution in [0.5, 0.6) is 0 Å². The second-order valence-corrected chi connectivity index (χ2v) is 8.06. The van der Waals surface area contributed by atoms with Crippen LogP contribution in [-0.2, 0) is 23.8 Å². The summed E-state index contributed by atoms with van der Waals surface area (Å²) < 4.78 is 16.5. The average molecular weight is 310 g/mol. The smallest absolute Gasteiger partial charge is 0.342 e. The maximum Gasteiger partial charge on any atom is 0.342 e. The molecule has 3 unspecified atom stereocenters. The highest BCUT2D eigenvalue weighted by molar-refractivity contribution is 5.91. The van der Waals surface area contributed by atoms with Crippen LogP contribution in [0.15, 0.2) is 0 Å². The first-order valence-corrected chi connectivity index (χ1v) is 7.63. The van der Waals surface area contributed by atoms with Crippen molar-refractivity contribution >= 4 is 11.9 Å². The lowest BCUT2D eigenvalue weighted by Gasteiger charge is -2.53. The summed E-state index contributed by atoms with van der Waals surface area (Å²) in [5.41, 5.74) is -4.89. The minimum atomic E-state index is -1.47. The largest absolute Gasteiger partial charge is 0.458 e. The molecule has 5 fully saturated rings. The Bertz CT molecular complexity index is 638. The maximum absolute atomic E-state index is 12.4. The molecule has 5 rings (SSSR count). The van der Waals surface area contributed by atoms with Crippen LogP contribution in [-0.4, -0.2) is 57.3 Å². The Labute approximate surface area is 126 Å². The molecule has 3 aliphatic heterocycles. The number of rotatable bonds is 1. The van der Waals surface area contributed by atoms with E-state index in [1.807, 2.05) is 0 Å². The predicted octanol–water partition coefficient (Wildman–Crippen LogP) is -0.867. The molecule has 2 N–H and O–H groups in total. The van der Waals surface area contributed by atoms with Gasteiger partial charge in [0.1, 0.15) is 12.2 Å². The van der Waals surface area contributed by atoms with Crippen molar-refractivity contribution in [2.45, 2.75) is 62.3 Å². The minimum absolute atomic E-state index is 0.189. The zero-order chi connectivity index (χ0) is 15.9. The summed E-state index contributed by atoms with van der Waals surface area (Å²) >= 11 is 0. The van der Waals surface area contributed by atoms with Crippen molar-refractivity contribution in [3.63, 3.8) is 0 Å². The number of ether oxygens (including phenoxy) is 3. The fraction of sp³-hybridized carbons (Fsp3) is 0.867. The van der Waals surface area contributed by atoms with Gasteiger partial charge in [0.05, 0.1) is 22.5 Å². The lowest BCUT2D eigenvalue weighted by Crippen LogP contribution is -2.68. The van der Waals surface area contributed by atoms with Crippen LogP contribution < -0.4 is 0 Å². The van der Waals surface area contributed by atoms with Crippen LogP contribution in [0.1, 0.15) is 27.2 Å². The van der Waals surface area contributed by atoms with Crippen molar-refractivity contribution in [1.82, 2.24) is 0 Å². The molecule has 0 aromatic rings. The van der Waals surface area contributed by atoms with E-state index < -0.39 is 64.3 Å². The summed E-state index contributed by atoms with van der Waals surface area (Å²) in [5, 5.41) is 21.9. The van der Waals surface area contributed by atoms with Gasteiger partial charge in [-0.15, -0.1) is 0 Å². The Morgan fingerprint density at radius 2 is 1.95 bits per heavy atom. The maximum atomic E-state index is 12.4. The van der Waals surface area contributed by atoms with Crippen LogP contribution in [0.3, 0.4) is 0 Å². The van der Waals surface area contributed by atoms with E-state index in [0.717, 1.165) is 0 Å². The second-order valence-electron chi connectivity index (χ2n) is 8.06. The summed E-state index contributed by atoms with van der Waals surface area (Å²) in [4.78, 5) is 24.8. The van der Waals surface area contributed by atoms with Gasteiger partial charge in [0.25, 0.3) is 0 Å². The molecule has 5 aliphatic rings. The van der Waals surface area contributed by atoms with Crippen LogP contribution in [0.2, 0.25) is 0 Å². The molecule has 1 spiro atoms. The molecule has 2 aliphatic carbocycles. The molecular weight excluding hydrogens is 292 g/mol. The normalized spacial score (nSPS) is 60.7. The van der Waals surface area contributed by atoms with Gasteiger partial charge in [-0.3, -0.25) is 4.79 Å². The fourth-order valence-electron chi connectivity index (χ4n) is 5.83. The number of fused-ring (bicyclic) bond motifs is 4. The van der Waals surface area contributed by atoms with Crippen molar-refractivity contribution in [3.8, 4) is 0 Å². The van der Waals surface area contributed by atoms with Crippen molar-refractivity contribution in [3.05, 3.63) is 0 Å². The molecule has 7 nitrogen and oxygen atoms in total. The fourth-order valence-corrected chi connectivity index (χ4v) is 5.83. The van der Waals surface area contributed by atoms with Gasteiger partial charge < -0.3 is 24.4 Å². The number of carbonyl (C=O) groups excluding carboxylic acids is 2. The van der Waals surface area contributed by atoms with Crippen molar-refractivity contribution in [2.24, 2.45) is 17.3 Å². The Balaban J connectivity index is 1.76. The van der Waals surface area contributed by atoms with Gasteiger partial charge in [0.15, 0.2) is 6.10 Å². The van der Waals surface area contributed by atoms with E-state index in [2.05, 4.69) is 0 Å². The number of epoxide rings is 1. The Kier molecular flexibility index (Phi) is 1.85. The quantitative estimate of drug-likeness (QED) is 0.479. The molecule has 3 heterocycles. The first kappa shape index (κ1) is 13.3. The molecule has 0 aromatic heterocycles. The zero-order valence-electron chi connectivity index (χ0n) is 12.5. The van der Waals surface area contributed by atoms with E-state index in [0.29, 0.717) is 0 Å². The van der Waals surface area contributed by atoms with Gasteiger partial charge in [-0.05, 0) is 20.8 Å². The van der Waals surface area contributed by atoms with Crippen LogP contribution >= 0.6 is 0 Å². The molecule has 0 amide bonds. The van der Waals surface area contributed by atoms with E-state index >= 15 is 0 Å². The summed E-state index contributed by atoms with van der Waals surface area (Å²) in [5.74, 6) is -2.51. The van der Waals surface area contributed by atoms with Gasteiger partial charge in [-0.25, -0.2) is 4.79 Å². The predicted molar refractivity (Wildman–Crippen MR) is 68.3 cm³/mol. The van der Waals surface area contributed by atoms with Gasteiger partial charge >= 0.3 is 11.9 Å². The number of esters is 2. The molecule has 2 bridgehead atoms.